The van der Waals surface area contributed by atoms with Crippen LogP contribution in [0.2, 0.25) is 10.2 Å². The van der Waals surface area contributed by atoms with Gasteiger partial charge >= 0.3 is 0 Å². The van der Waals surface area contributed by atoms with Crippen molar-refractivity contribution in [2.45, 2.75) is 19.6 Å². The smallest absolute Gasteiger partial charge is 0.158 e. The van der Waals surface area contributed by atoms with Crippen LogP contribution in [0.1, 0.15) is 24.4 Å². The Morgan fingerprint density at radius 2 is 1.95 bits per heavy atom. The number of benzene rings is 1. The number of hydrogen-bond donors (Lipinski definition) is 0. The molecule has 2 rings (SSSR count). The average Bonchev–Trinajstić information content (AvgIpc) is 2.46. The van der Waals surface area contributed by atoms with Gasteiger partial charge in [-0.25, -0.2) is 9.97 Å². The molecule has 0 saturated heterocycles. The molecule has 0 aliphatic rings. The second kappa shape index (κ2) is 7.07. The van der Waals surface area contributed by atoms with Crippen molar-refractivity contribution in [3.8, 4) is 0 Å². The Morgan fingerprint density at radius 3 is 2.62 bits per heavy atom. The molecule has 1 unspecified atom stereocenters. The van der Waals surface area contributed by atoms with E-state index in [1.807, 2.05) is 36.2 Å². The first kappa shape index (κ1) is 16.0. The van der Waals surface area contributed by atoms with E-state index < -0.39 is 0 Å². The van der Waals surface area contributed by atoms with Crippen molar-refractivity contribution in [1.82, 2.24) is 9.97 Å². The molecule has 0 bridgehead atoms. The second-order valence-corrected chi connectivity index (χ2v) is 5.50. The summed E-state index contributed by atoms with van der Waals surface area (Å²) < 4.78 is 5.06. The number of aromatic nitrogens is 2. The molecule has 0 amide bonds. The highest BCUT2D eigenvalue weighted by Gasteiger charge is 2.17. The molecular weight excluding hydrogens is 309 g/mol. The second-order valence-electron chi connectivity index (χ2n) is 4.71. The molecule has 2 aromatic rings. The van der Waals surface area contributed by atoms with Gasteiger partial charge in [0, 0.05) is 25.2 Å². The molecule has 0 fully saturated rings. The van der Waals surface area contributed by atoms with Crippen LogP contribution in [0.25, 0.3) is 0 Å². The van der Waals surface area contributed by atoms with Crippen LogP contribution in [0.5, 0.6) is 0 Å². The van der Waals surface area contributed by atoms with E-state index in [2.05, 4.69) is 16.9 Å². The van der Waals surface area contributed by atoms with Gasteiger partial charge < -0.3 is 9.64 Å². The lowest BCUT2D eigenvalue weighted by Gasteiger charge is -2.27. The number of nitrogens with zero attached hydrogens (tertiary/aromatic N) is 3. The molecule has 0 radical (unpaired) electrons. The van der Waals surface area contributed by atoms with Crippen molar-refractivity contribution in [1.29, 1.82) is 0 Å². The molecule has 21 heavy (non-hydrogen) atoms. The molecule has 1 atom stereocenters. The van der Waals surface area contributed by atoms with Gasteiger partial charge in [-0.1, -0.05) is 41.4 Å². The lowest BCUT2D eigenvalue weighted by molar-refractivity contribution is 0.178. The molecule has 0 saturated carbocycles. The number of halogens is 2. The first-order valence-corrected chi connectivity index (χ1v) is 7.28. The average molecular weight is 326 g/mol. The zero-order valence-corrected chi connectivity index (χ0v) is 13.7. The number of rotatable bonds is 5. The number of hydrogen-bond acceptors (Lipinski definition) is 4. The summed E-state index contributed by atoms with van der Waals surface area (Å²) in [7, 11) is 3.54. The van der Waals surface area contributed by atoms with Gasteiger partial charge in [0.15, 0.2) is 5.82 Å². The predicted molar refractivity (Wildman–Crippen MR) is 86.0 cm³/mol. The van der Waals surface area contributed by atoms with Crippen molar-refractivity contribution in [2.75, 3.05) is 19.1 Å². The molecule has 0 aliphatic carbocycles. The monoisotopic (exact) mass is 325 g/mol. The standard InChI is InChI=1S/C15H17Cl2N3O/c1-10(11-6-4-5-7-12(11)16)20(2)15-8-13(17)18-14(19-15)9-21-3/h4-8,10H,9H2,1-3H3. The minimum Gasteiger partial charge on any atom is -0.377 e. The maximum atomic E-state index is 6.26. The molecule has 1 heterocycles. The molecule has 0 N–H and O–H groups in total. The molecule has 4 nitrogen and oxygen atoms in total. The molecule has 1 aromatic carbocycles. The number of ether oxygens (including phenoxy) is 1. The van der Waals surface area contributed by atoms with Crippen LogP contribution in [-0.4, -0.2) is 24.1 Å². The summed E-state index contributed by atoms with van der Waals surface area (Å²) in [6.07, 6.45) is 0. The summed E-state index contributed by atoms with van der Waals surface area (Å²) in [6.45, 7) is 2.38. The molecule has 0 spiro atoms. The van der Waals surface area contributed by atoms with E-state index in [1.54, 1.807) is 13.2 Å². The summed E-state index contributed by atoms with van der Waals surface area (Å²) in [6, 6.07) is 9.55. The van der Waals surface area contributed by atoms with Crippen LogP contribution in [-0.2, 0) is 11.3 Å². The summed E-state index contributed by atoms with van der Waals surface area (Å²) in [5.74, 6) is 1.28. The van der Waals surface area contributed by atoms with E-state index in [0.29, 0.717) is 17.6 Å². The third-order valence-electron chi connectivity index (χ3n) is 3.30. The van der Waals surface area contributed by atoms with E-state index in [0.717, 1.165) is 16.4 Å². The van der Waals surface area contributed by atoms with Gasteiger partial charge in [0.1, 0.15) is 17.6 Å². The zero-order valence-electron chi connectivity index (χ0n) is 12.2. The molecule has 1 aromatic heterocycles. The number of methoxy groups -OCH3 is 1. The quantitative estimate of drug-likeness (QED) is 0.775. The zero-order chi connectivity index (χ0) is 15.4. The van der Waals surface area contributed by atoms with Crippen LogP contribution < -0.4 is 4.90 Å². The van der Waals surface area contributed by atoms with Gasteiger partial charge in [-0.3, -0.25) is 0 Å². The third kappa shape index (κ3) is 3.84. The SMILES string of the molecule is COCc1nc(Cl)cc(N(C)C(C)c2ccccc2Cl)n1. The first-order chi connectivity index (χ1) is 10.0. The molecule has 112 valence electrons. The lowest BCUT2D eigenvalue weighted by Crippen LogP contribution is -2.23. The fourth-order valence-corrected chi connectivity index (χ4v) is 2.54. The van der Waals surface area contributed by atoms with Crippen LogP contribution >= 0.6 is 23.2 Å². The fraction of sp³-hybridized carbons (Fsp3) is 0.333. The molecular formula is C15H17Cl2N3O. The Hall–Kier alpha value is -1.36. The summed E-state index contributed by atoms with van der Waals surface area (Å²) in [5.41, 5.74) is 1.03. The first-order valence-electron chi connectivity index (χ1n) is 6.52. The van der Waals surface area contributed by atoms with Crippen molar-refractivity contribution in [3.05, 3.63) is 51.9 Å². The van der Waals surface area contributed by atoms with E-state index in [-0.39, 0.29) is 6.04 Å². The van der Waals surface area contributed by atoms with Crippen molar-refractivity contribution in [3.63, 3.8) is 0 Å². The van der Waals surface area contributed by atoms with Crippen molar-refractivity contribution < 1.29 is 4.74 Å². The summed E-state index contributed by atoms with van der Waals surface area (Å²) in [5, 5.41) is 1.12. The van der Waals surface area contributed by atoms with E-state index >= 15 is 0 Å². The predicted octanol–water partition coefficient (Wildman–Crippen LogP) is 4.13. The van der Waals surface area contributed by atoms with Gasteiger partial charge in [0.05, 0.1) is 6.04 Å². The summed E-state index contributed by atoms with van der Waals surface area (Å²) in [4.78, 5) is 10.6. The number of anilines is 1. The molecule has 0 aliphatic heterocycles. The van der Waals surface area contributed by atoms with Gasteiger partial charge in [-0.15, -0.1) is 0 Å². The van der Waals surface area contributed by atoms with Crippen LogP contribution in [0.15, 0.2) is 30.3 Å². The van der Waals surface area contributed by atoms with Gasteiger partial charge in [-0.2, -0.15) is 0 Å². The minimum absolute atomic E-state index is 0.0556. The Morgan fingerprint density at radius 1 is 1.24 bits per heavy atom. The minimum atomic E-state index is 0.0556. The van der Waals surface area contributed by atoms with Crippen LogP contribution in [0, 0.1) is 0 Å². The van der Waals surface area contributed by atoms with Crippen molar-refractivity contribution in [2.24, 2.45) is 0 Å². The maximum absolute atomic E-state index is 6.26. The summed E-state index contributed by atoms with van der Waals surface area (Å²) >= 11 is 12.3. The topological polar surface area (TPSA) is 38.2 Å². The fourth-order valence-electron chi connectivity index (χ4n) is 2.05. The Labute approximate surface area is 134 Å². The van der Waals surface area contributed by atoms with Gasteiger partial charge in [0.25, 0.3) is 0 Å². The van der Waals surface area contributed by atoms with Gasteiger partial charge in [0.2, 0.25) is 0 Å². The van der Waals surface area contributed by atoms with Gasteiger partial charge in [-0.05, 0) is 18.6 Å². The van der Waals surface area contributed by atoms with Crippen LogP contribution in [0.4, 0.5) is 5.82 Å². The highest BCUT2D eigenvalue weighted by Crippen LogP contribution is 2.29. The van der Waals surface area contributed by atoms with Crippen LogP contribution in [0.3, 0.4) is 0 Å². The highest BCUT2D eigenvalue weighted by molar-refractivity contribution is 6.31. The third-order valence-corrected chi connectivity index (χ3v) is 3.84. The Bertz CT molecular complexity index is 622. The Kier molecular flexibility index (Phi) is 5.39. The maximum Gasteiger partial charge on any atom is 0.158 e. The van der Waals surface area contributed by atoms with E-state index in [1.165, 1.54) is 0 Å². The normalized spacial score (nSPS) is 12.2. The van der Waals surface area contributed by atoms with Crippen molar-refractivity contribution >= 4 is 29.0 Å². The molecule has 6 heteroatoms. The van der Waals surface area contributed by atoms with E-state index in [4.69, 9.17) is 27.9 Å². The van der Waals surface area contributed by atoms with E-state index in [9.17, 15) is 0 Å². The lowest BCUT2D eigenvalue weighted by atomic mass is 10.1. The Balaban J connectivity index is 2.31. The highest BCUT2D eigenvalue weighted by atomic mass is 35.5. The largest absolute Gasteiger partial charge is 0.377 e.